The largest absolute Gasteiger partial charge is 0.310 e. The first-order valence-electron chi connectivity index (χ1n) is 16.5. The van der Waals surface area contributed by atoms with Gasteiger partial charge >= 0.3 is 0 Å². The predicted octanol–water partition coefficient (Wildman–Crippen LogP) is 9.72. The molecule has 46 heavy (non-hydrogen) atoms. The summed E-state index contributed by atoms with van der Waals surface area (Å²) in [5, 5.41) is 0. The van der Waals surface area contributed by atoms with E-state index in [0.717, 1.165) is 11.4 Å². The van der Waals surface area contributed by atoms with Crippen molar-refractivity contribution in [2.45, 2.75) is 38.5 Å². The van der Waals surface area contributed by atoms with Crippen LogP contribution in [0.2, 0.25) is 0 Å². The first kappa shape index (κ1) is 27.3. The fourth-order valence-electron chi connectivity index (χ4n) is 8.81. The second-order valence-corrected chi connectivity index (χ2v) is 14.1. The molecule has 3 aliphatic rings. The van der Waals surface area contributed by atoms with E-state index in [0.29, 0.717) is 0 Å². The molecule has 0 unspecified atom stereocenters. The van der Waals surface area contributed by atoms with Crippen LogP contribution in [0.4, 0.5) is 17.1 Å². The van der Waals surface area contributed by atoms with E-state index >= 15 is 0 Å². The Morgan fingerprint density at radius 3 is 1.74 bits per heavy atom. The van der Waals surface area contributed by atoms with Gasteiger partial charge < -0.3 is 4.90 Å². The molecule has 9 rings (SSSR count). The third-order valence-corrected chi connectivity index (χ3v) is 10.9. The van der Waals surface area contributed by atoms with Crippen LogP contribution in [0, 0.1) is 0 Å². The summed E-state index contributed by atoms with van der Waals surface area (Å²) in [4.78, 5) is 2.40. The number of benzene rings is 6. The fourth-order valence-corrected chi connectivity index (χ4v) is 8.81. The molecule has 6 aromatic carbocycles. The second-order valence-electron chi connectivity index (χ2n) is 14.1. The number of hydrogen-bond donors (Lipinski definition) is 0. The molecule has 0 saturated heterocycles. The lowest BCUT2D eigenvalue weighted by atomic mass is 9.30. The SMILES string of the molecule is CC1(C)C2=C(c3ccccc31)c1cc(-c3ccccc3)cc3c1B2c1ccc(N(c2ccccc2)c2ccccc2)cc1C3(C)C. The van der Waals surface area contributed by atoms with E-state index in [1.54, 1.807) is 5.47 Å². The van der Waals surface area contributed by atoms with Crippen LogP contribution in [0.1, 0.15) is 55.5 Å². The molecule has 2 heterocycles. The smallest absolute Gasteiger partial charge is 0.240 e. The van der Waals surface area contributed by atoms with Crippen molar-refractivity contribution in [3.63, 3.8) is 0 Å². The third-order valence-electron chi connectivity index (χ3n) is 10.9. The van der Waals surface area contributed by atoms with Gasteiger partial charge in [0.1, 0.15) is 0 Å². The van der Waals surface area contributed by atoms with Crippen molar-refractivity contribution < 1.29 is 0 Å². The van der Waals surface area contributed by atoms with E-state index in [1.165, 1.54) is 61.1 Å². The molecule has 1 aliphatic carbocycles. The van der Waals surface area contributed by atoms with Crippen LogP contribution in [-0.4, -0.2) is 6.71 Å². The predicted molar refractivity (Wildman–Crippen MR) is 196 cm³/mol. The fraction of sp³-hybridized carbons (Fsp3) is 0.136. The summed E-state index contributed by atoms with van der Waals surface area (Å²) in [6.45, 7) is 9.99. The molecular formula is C44H36BN. The number of anilines is 3. The van der Waals surface area contributed by atoms with Crippen LogP contribution < -0.4 is 15.8 Å². The number of nitrogens with zero attached hydrogens (tertiary/aromatic N) is 1. The zero-order valence-corrected chi connectivity index (χ0v) is 26.9. The van der Waals surface area contributed by atoms with Crippen LogP contribution in [-0.2, 0) is 10.8 Å². The number of allylic oxidation sites excluding steroid dienone is 1. The molecule has 0 radical (unpaired) electrons. The minimum atomic E-state index is -0.195. The van der Waals surface area contributed by atoms with Gasteiger partial charge in [-0.1, -0.05) is 147 Å². The van der Waals surface area contributed by atoms with Gasteiger partial charge in [0.15, 0.2) is 0 Å². The van der Waals surface area contributed by atoms with E-state index in [-0.39, 0.29) is 17.5 Å². The van der Waals surface area contributed by atoms with Crippen molar-refractivity contribution in [1.82, 2.24) is 0 Å². The van der Waals surface area contributed by atoms with Crippen LogP contribution in [0.3, 0.4) is 0 Å². The Labute approximate surface area is 273 Å². The van der Waals surface area contributed by atoms with E-state index in [2.05, 4.69) is 178 Å². The highest BCUT2D eigenvalue weighted by Gasteiger charge is 2.54. The molecule has 0 N–H and O–H groups in total. The third kappa shape index (κ3) is 3.71. The van der Waals surface area contributed by atoms with E-state index in [9.17, 15) is 0 Å². The van der Waals surface area contributed by atoms with E-state index < -0.39 is 0 Å². The number of hydrogen-bond acceptors (Lipinski definition) is 1. The molecule has 0 amide bonds. The Morgan fingerprint density at radius 2 is 1.07 bits per heavy atom. The summed E-state index contributed by atoms with van der Waals surface area (Å²) in [5.41, 5.74) is 18.9. The molecule has 0 saturated carbocycles. The molecule has 220 valence electrons. The molecule has 2 aliphatic heterocycles. The maximum Gasteiger partial charge on any atom is 0.240 e. The molecule has 6 aromatic rings. The summed E-state index contributed by atoms with van der Waals surface area (Å²) < 4.78 is 0. The Morgan fingerprint density at radius 1 is 0.457 bits per heavy atom. The van der Waals surface area contributed by atoms with Crippen molar-refractivity contribution in [2.75, 3.05) is 4.90 Å². The number of para-hydroxylation sites is 2. The standard InChI is InChI=1S/C44H36BN/c1-43(2)37-28-33(46(31-18-10-6-11-19-31)32-20-12-7-13-21-32)24-25-39(37)45-41-35(26-30(27-38(41)43)29-16-8-5-9-17-29)40-34-22-14-15-23-36(34)44(3,4)42(40)45/h5-28H,1-4H3. The van der Waals surface area contributed by atoms with Gasteiger partial charge in [-0.2, -0.15) is 0 Å². The zero-order chi connectivity index (χ0) is 31.2. The summed E-state index contributed by atoms with van der Waals surface area (Å²) in [6, 6.07) is 53.9. The number of rotatable bonds is 4. The van der Waals surface area contributed by atoms with Crippen LogP contribution >= 0.6 is 0 Å². The molecule has 0 fully saturated rings. The quantitative estimate of drug-likeness (QED) is 0.185. The van der Waals surface area contributed by atoms with Crippen molar-refractivity contribution in [1.29, 1.82) is 0 Å². The Hall–Kier alpha value is -5.08. The Kier molecular flexibility index (Phi) is 5.75. The van der Waals surface area contributed by atoms with Gasteiger partial charge in [0, 0.05) is 27.9 Å². The van der Waals surface area contributed by atoms with Gasteiger partial charge in [-0.3, -0.25) is 0 Å². The topological polar surface area (TPSA) is 3.24 Å². The van der Waals surface area contributed by atoms with Crippen LogP contribution in [0.5, 0.6) is 0 Å². The van der Waals surface area contributed by atoms with Gasteiger partial charge in [0.05, 0.1) is 0 Å². The summed E-state index contributed by atoms with van der Waals surface area (Å²) in [7, 11) is 0. The van der Waals surface area contributed by atoms with Crippen LogP contribution in [0.15, 0.2) is 151 Å². The van der Waals surface area contributed by atoms with Gasteiger partial charge in [0.2, 0.25) is 6.71 Å². The zero-order valence-electron chi connectivity index (χ0n) is 26.9. The first-order valence-corrected chi connectivity index (χ1v) is 16.5. The summed E-state index contributed by atoms with van der Waals surface area (Å²) in [5.74, 6) is 0. The molecule has 2 heteroatoms. The van der Waals surface area contributed by atoms with Gasteiger partial charge in [-0.25, -0.2) is 0 Å². The molecule has 0 atom stereocenters. The minimum absolute atomic E-state index is 0.0721. The molecule has 1 nitrogen and oxygen atoms in total. The average molecular weight is 590 g/mol. The highest BCUT2D eigenvalue weighted by molar-refractivity contribution is 6.95. The van der Waals surface area contributed by atoms with E-state index in [1.807, 2.05) is 0 Å². The summed E-state index contributed by atoms with van der Waals surface area (Å²) in [6.07, 6.45) is 0. The van der Waals surface area contributed by atoms with Crippen molar-refractivity contribution in [3.8, 4) is 11.1 Å². The van der Waals surface area contributed by atoms with Crippen molar-refractivity contribution in [2.24, 2.45) is 0 Å². The van der Waals surface area contributed by atoms with Crippen molar-refractivity contribution in [3.05, 3.63) is 179 Å². The lowest BCUT2D eigenvalue weighted by Gasteiger charge is -2.41. The van der Waals surface area contributed by atoms with E-state index in [4.69, 9.17) is 0 Å². The minimum Gasteiger partial charge on any atom is -0.310 e. The maximum atomic E-state index is 2.50. The van der Waals surface area contributed by atoms with Gasteiger partial charge in [0.25, 0.3) is 0 Å². The molecular weight excluding hydrogens is 553 g/mol. The summed E-state index contributed by atoms with van der Waals surface area (Å²) >= 11 is 0. The average Bonchev–Trinajstić information content (AvgIpc) is 3.56. The normalized spacial score (nSPS) is 16.0. The lowest BCUT2D eigenvalue weighted by molar-refractivity contribution is 0.643. The highest BCUT2D eigenvalue weighted by Crippen LogP contribution is 2.55. The molecule has 0 spiro atoms. The molecule has 0 aromatic heterocycles. The number of fused-ring (bicyclic) bond motifs is 6. The Balaban J connectivity index is 1.33. The Bertz CT molecular complexity index is 2150. The molecule has 0 bridgehead atoms. The first-order chi connectivity index (χ1) is 22.4. The van der Waals surface area contributed by atoms with Gasteiger partial charge in [-0.05, 0) is 87.0 Å². The van der Waals surface area contributed by atoms with Crippen molar-refractivity contribution >= 4 is 40.3 Å². The van der Waals surface area contributed by atoms with Crippen LogP contribution in [0.25, 0.3) is 16.7 Å². The van der Waals surface area contributed by atoms with Gasteiger partial charge in [-0.15, -0.1) is 0 Å². The second kappa shape index (κ2) is 9.71. The lowest BCUT2D eigenvalue weighted by Crippen LogP contribution is -2.56. The maximum absolute atomic E-state index is 2.50. The monoisotopic (exact) mass is 589 g/mol. The highest BCUT2D eigenvalue weighted by atomic mass is 15.1.